The summed E-state index contributed by atoms with van der Waals surface area (Å²) in [5, 5.41) is 11.0. The number of alkyl halides is 3. The molecule has 0 aliphatic rings. The Balaban J connectivity index is 1.52. The van der Waals surface area contributed by atoms with Crippen LogP contribution >= 0.6 is 23.4 Å². The van der Waals surface area contributed by atoms with Crippen LogP contribution in [0, 0.1) is 6.92 Å². The molecule has 0 saturated heterocycles. The van der Waals surface area contributed by atoms with Crippen molar-refractivity contribution in [3.05, 3.63) is 82.8 Å². The normalized spacial score (nSPS) is 11.6. The summed E-state index contributed by atoms with van der Waals surface area (Å²) in [6.45, 7) is 2.32. The first kappa shape index (κ1) is 23.9. The SMILES string of the molecule is Cc1cccc(-c2nnc(SCC(=O)Nc3ccc(Cl)c(C(F)(F)F)c3)n2Cc2ccco2)c1. The fraction of sp³-hybridized carbons (Fsp3) is 0.174. The van der Waals surface area contributed by atoms with Crippen LogP contribution in [0.5, 0.6) is 0 Å². The number of hydrogen-bond donors (Lipinski definition) is 1. The summed E-state index contributed by atoms with van der Waals surface area (Å²) in [6, 6.07) is 14.6. The molecule has 0 fully saturated rings. The molecule has 0 aliphatic heterocycles. The van der Waals surface area contributed by atoms with Crippen molar-refractivity contribution in [3.63, 3.8) is 0 Å². The average Bonchev–Trinajstić information content (AvgIpc) is 3.43. The highest BCUT2D eigenvalue weighted by atomic mass is 35.5. The molecule has 2 aromatic heterocycles. The van der Waals surface area contributed by atoms with Crippen molar-refractivity contribution in [2.24, 2.45) is 0 Å². The van der Waals surface area contributed by atoms with E-state index >= 15 is 0 Å². The lowest BCUT2D eigenvalue weighted by Gasteiger charge is -2.12. The lowest BCUT2D eigenvalue weighted by Crippen LogP contribution is -2.16. The van der Waals surface area contributed by atoms with Gasteiger partial charge in [-0.25, -0.2) is 0 Å². The van der Waals surface area contributed by atoms with Crippen LogP contribution in [0.3, 0.4) is 0 Å². The number of aromatic nitrogens is 3. The van der Waals surface area contributed by atoms with Crippen molar-refractivity contribution >= 4 is 35.0 Å². The maximum atomic E-state index is 13.1. The number of amides is 1. The number of halogens is 4. The molecule has 6 nitrogen and oxygen atoms in total. The predicted octanol–water partition coefficient (Wildman–Crippen LogP) is 6.30. The number of rotatable bonds is 7. The average molecular weight is 507 g/mol. The van der Waals surface area contributed by atoms with Crippen LogP contribution in [0.25, 0.3) is 11.4 Å². The summed E-state index contributed by atoms with van der Waals surface area (Å²) in [4.78, 5) is 12.5. The molecule has 1 N–H and O–H groups in total. The molecule has 2 aromatic carbocycles. The molecular weight excluding hydrogens is 489 g/mol. The molecule has 176 valence electrons. The highest BCUT2D eigenvalue weighted by molar-refractivity contribution is 7.99. The standard InChI is InChI=1S/C23H18ClF3N4O2S/c1-14-4-2-5-15(10-14)21-29-30-22(31(21)12-17-6-3-9-33-17)34-13-20(32)28-16-7-8-19(24)18(11-16)23(25,26)27/h2-11H,12-13H2,1H3,(H,28,32). The van der Waals surface area contributed by atoms with Gasteiger partial charge in [0.05, 0.1) is 29.1 Å². The summed E-state index contributed by atoms with van der Waals surface area (Å²) in [5.41, 5.74) is 0.899. The Morgan fingerprint density at radius 2 is 1.97 bits per heavy atom. The van der Waals surface area contributed by atoms with Crippen molar-refractivity contribution in [1.82, 2.24) is 14.8 Å². The molecule has 0 spiro atoms. The van der Waals surface area contributed by atoms with Gasteiger partial charge in [-0.2, -0.15) is 13.2 Å². The topological polar surface area (TPSA) is 73.0 Å². The first-order valence-electron chi connectivity index (χ1n) is 10.0. The van der Waals surface area contributed by atoms with E-state index < -0.39 is 22.7 Å². The number of thioether (sulfide) groups is 1. The molecule has 0 radical (unpaired) electrons. The van der Waals surface area contributed by atoms with Gasteiger partial charge >= 0.3 is 6.18 Å². The Morgan fingerprint density at radius 1 is 1.15 bits per heavy atom. The Kier molecular flexibility index (Phi) is 6.99. The fourth-order valence-electron chi connectivity index (χ4n) is 3.24. The second-order valence-electron chi connectivity index (χ2n) is 7.37. The van der Waals surface area contributed by atoms with Gasteiger partial charge in [-0.15, -0.1) is 10.2 Å². The molecule has 4 aromatic rings. The number of hydrogen-bond acceptors (Lipinski definition) is 5. The third kappa shape index (κ3) is 5.63. The van der Waals surface area contributed by atoms with Crippen LogP contribution in [0.15, 0.2) is 70.4 Å². The highest BCUT2D eigenvalue weighted by Crippen LogP contribution is 2.36. The predicted molar refractivity (Wildman–Crippen MR) is 124 cm³/mol. The molecule has 4 rings (SSSR count). The molecule has 0 unspecified atom stereocenters. The van der Waals surface area contributed by atoms with Crippen LogP contribution in [0.2, 0.25) is 5.02 Å². The number of carbonyl (C=O) groups excluding carboxylic acids is 1. The zero-order valence-electron chi connectivity index (χ0n) is 17.8. The van der Waals surface area contributed by atoms with Crippen molar-refractivity contribution in [2.75, 3.05) is 11.1 Å². The van der Waals surface area contributed by atoms with Crippen LogP contribution in [-0.2, 0) is 17.5 Å². The van der Waals surface area contributed by atoms with E-state index in [-0.39, 0.29) is 11.4 Å². The van der Waals surface area contributed by atoms with E-state index in [2.05, 4.69) is 15.5 Å². The summed E-state index contributed by atoms with van der Waals surface area (Å²) in [6.07, 6.45) is -3.06. The minimum atomic E-state index is -4.62. The quantitative estimate of drug-likeness (QED) is 0.298. The number of nitrogens with zero attached hydrogens (tertiary/aromatic N) is 3. The lowest BCUT2D eigenvalue weighted by atomic mass is 10.1. The van der Waals surface area contributed by atoms with Gasteiger partial charge in [0, 0.05) is 11.3 Å². The smallest absolute Gasteiger partial charge is 0.417 e. The molecule has 34 heavy (non-hydrogen) atoms. The Hall–Kier alpha value is -3.24. The van der Waals surface area contributed by atoms with Gasteiger partial charge in [0.2, 0.25) is 5.91 Å². The van der Waals surface area contributed by atoms with E-state index in [4.69, 9.17) is 16.0 Å². The Labute approximate surface area is 202 Å². The fourth-order valence-corrected chi connectivity index (χ4v) is 4.20. The summed E-state index contributed by atoms with van der Waals surface area (Å²) >= 11 is 6.75. The number of furan rings is 1. The lowest BCUT2D eigenvalue weighted by molar-refractivity contribution is -0.137. The number of carbonyl (C=O) groups is 1. The minimum Gasteiger partial charge on any atom is -0.467 e. The first-order chi connectivity index (χ1) is 16.2. The van der Waals surface area contributed by atoms with E-state index in [1.54, 1.807) is 12.3 Å². The van der Waals surface area contributed by atoms with Crippen molar-refractivity contribution in [3.8, 4) is 11.4 Å². The molecule has 0 saturated carbocycles. The van der Waals surface area contributed by atoms with Crippen LogP contribution in [0.4, 0.5) is 18.9 Å². The van der Waals surface area contributed by atoms with E-state index in [1.165, 1.54) is 6.07 Å². The van der Waals surface area contributed by atoms with Crippen molar-refractivity contribution in [1.29, 1.82) is 0 Å². The third-order valence-corrected chi connectivity index (χ3v) is 6.07. The van der Waals surface area contributed by atoms with Gasteiger partial charge in [0.1, 0.15) is 5.76 Å². The van der Waals surface area contributed by atoms with Gasteiger partial charge in [0.25, 0.3) is 0 Å². The van der Waals surface area contributed by atoms with Gasteiger partial charge in [-0.1, -0.05) is 47.1 Å². The van der Waals surface area contributed by atoms with Crippen LogP contribution < -0.4 is 5.32 Å². The van der Waals surface area contributed by atoms with E-state index in [9.17, 15) is 18.0 Å². The van der Waals surface area contributed by atoms with Crippen LogP contribution in [0.1, 0.15) is 16.9 Å². The summed E-state index contributed by atoms with van der Waals surface area (Å²) < 4.78 is 46.5. The molecule has 2 heterocycles. The van der Waals surface area contributed by atoms with E-state index in [1.807, 2.05) is 41.8 Å². The number of aryl methyl sites for hydroxylation is 1. The first-order valence-corrected chi connectivity index (χ1v) is 11.4. The van der Waals surface area contributed by atoms with Gasteiger partial charge in [0.15, 0.2) is 11.0 Å². The van der Waals surface area contributed by atoms with E-state index in [0.29, 0.717) is 23.3 Å². The minimum absolute atomic E-state index is 0.000160. The van der Waals surface area contributed by atoms with Gasteiger partial charge in [-0.05, 0) is 43.3 Å². The molecule has 1 amide bonds. The largest absolute Gasteiger partial charge is 0.467 e. The zero-order valence-corrected chi connectivity index (χ0v) is 19.3. The molecule has 0 aliphatic carbocycles. The van der Waals surface area contributed by atoms with Gasteiger partial charge in [-0.3, -0.25) is 9.36 Å². The summed E-state index contributed by atoms with van der Waals surface area (Å²) in [5.74, 6) is 0.704. The zero-order chi connectivity index (χ0) is 24.3. The Morgan fingerprint density at radius 3 is 2.68 bits per heavy atom. The maximum absolute atomic E-state index is 13.1. The van der Waals surface area contributed by atoms with E-state index in [0.717, 1.165) is 35.0 Å². The van der Waals surface area contributed by atoms with Gasteiger partial charge < -0.3 is 9.73 Å². The number of benzene rings is 2. The molecule has 0 bridgehead atoms. The highest BCUT2D eigenvalue weighted by Gasteiger charge is 2.33. The summed E-state index contributed by atoms with van der Waals surface area (Å²) in [7, 11) is 0. The third-order valence-electron chi connectivity index (χ3n) is 4.78. The monoisotopic (exact) mass is 506 g/mol. The molecular formula is C23H18ClF3N4O2S. The molecule has 11 heteroatoms. The Bertz CT molecular complexity index is 1310. The second-order valence-corrected chi connectivity index (χ2v) is 8.72. The number of anilines is 1. The van der Waals surface area contributed by atoms with Crippen molar-refractivity contribution < 1.29 is 22.4 Å². The maximum Gasteiger partial charge on any atom is 0.417 e. The second kappa shape index (κ2) is 9.94. The van der Waals surface area contributed by atoms with Crippen LogP contribution in [-0.4, -0.2) is 26.4 Å². The van der Waals surface area contributed by atoms with Crippen molar-refractivity contribution in [2.45, 2.75) is 24.8 Å². The molecule has 0 atom stereocenters. The number of nitrogens with one attached hydrogen (secondary N) is 1.